The number of aliphatic hydroxyl groups is 2. The van der Waals surface area contributed by atoms with Crippen molar-refractivity contribution in [3.05, 3.63) is 36.5 Å². The third kappa shape index (κ3) is 53.4. The number of unbranched alkanes of at least 4 members (excludes halogenated alkanes) is 44. The van der Waals surface area contributed by atoms with Gasteiger partial charge >= 0.3 is 0 Å². The molecular weight excluding hydrogens is 795 g/mol. The third-order valence-corrected chi connectivity index (χ3v) is 13.8. The summed E-state index contributed by atoms with van der Waals surface area (Å²) in [6, 6.07) is -0.639. The summed E-state index contributed by atoms with van der Waals surface area (Å²) < 4.78 is 0. The molecule has 0 aromatic heterocycles. The van der Waals surface area contributed by atoms with Crippen molar-refractivity contribution in [1.82, 2.24) is 5.32 Å². The first kappa shape index (κ1) is 63.6. The molecule has 0 rings (SSSR count). The van der Waals surface area contributed by atoms with E-state index >= 15 is 0 Å². The SMILES string of the molecule is CCCCCCCCCCCCCC/C=C\CCCCCCCCCCCCCCCCC(=O)NC(CO)C(O)/C=C/CC/C=C/CCCCCCCCCCCCCCCCCCC. The molecule has 0 aliphatic carbocycles. The van der Waals surface area contributed by atoms with Gasteiger partial charge < -0.3 is 15.5 Å². The van der Waals surface area contributed by atoms with Crippen molar-refractivity contribution in [1.29, 1.82) is 0 Å². The molecule has 0 fully saturated rings. The van der Waals surface area contributed by atoms with Crippen molar-refractivity contribution in [2.45, 2.75) is 341 Å². The number of rotatable bonds is 55. The monoisotopic (exact) mass is 912 g/mol. The van der Waals surface area contributed by atoms with E-state index < -0.39 is 12.1 Å². The minimum Gasteiger partial charge on any atom is -0.394 e. The highest BCUT2D eigenvalue weighted by atomic mass is 16.3. The van der Waals surface area contributed by atoms with Gasteiger partial charge in [0.05, 0.1) is 18.8 Å². The molecule has 3 N–H and O–H groups in total. The number of amides is 1. The van der Waals surface area contributed by atoms with Crippen molar-refractivity contribution >= 4 is 5.91 Å². The molecule has 0 aromatic rings. The van der Waals surface area contributed by atoms with Gasteiger partial charge in [0.2, 0.25) is 5.91 Å². The second kappa shape index (κ2) is 56.9. The Morgan fingerprint density at radius 3 is 0.892 bits per heavy atom. The second-order valence-electron chi connectivity index (χ2n) is 20.4. The lowest BCUT2D eigenvalue weighted by molar-refractivity contribution is -0.123. The van der Waals surface area contributed by atoms with Gasteiger partial charge in [0.1, 0.15) is 0 Å². The van der Waals surface area contributed by atoms with Gasteiger partial charge in [-0.3, -0.25) is 4.79 Å². The quantitative estimate of drug-likeness (QED) is 0.0421. The van der Waals surface area contributed by atoms with Crippen LogP contribution in [0.4, 0.5) is 0 Å². The summed E-state index contributed by atoms with van der Waals surface area (Å²) in [5.41, 5.74) is 0. The fourth-order valence-corrected chi connectivity index (χ4v) is 9.31. The zero-order chi connectivity index (χ0) is 47.0. The number of carbonyl (C=O) groups excluding carboxylic acids is 1. The van der Waals surface area contributed by atoms with Crippen LogP contribution in [0, 0.1) is 0 Å². The number of carbonyl (C=O) groups is 1. The average Bonchev–Trinajstić information content (AvgIpc) is 3.31. The van der Waals surface area contributed by atoms with Crippen molar-refractivity contribution < 1.29 is 15.0 Å². The maximum Gasteiger partial charge on any atom is 0.220 e. The smallest absolute Gasteiger partial charge is 0.220 e. The maximum absolute atomic E-state index is 12.5. The minimum atomic E-state index is -0.862. The molecule has 0 spiro atoms. The van der Waals surface area contributed by atoms with Gasteiger partial charge in [-0.25, -0.2) is 0 Å². The summed E-state index contributed by atoms with van der Waals surface area (Å²) in [6.45, 7) is 4.34. The predicted octanol–water partition coefficient (Wildman–Crippen LogP) is 19.6. The number of aliphatic hydroxyl groups excluding tert-OH is 2. The fourth-order valence-electron chi connectivity index (χ4n) is 9.31. The number of hydrogen-bond donors (Lipinski definition) is 3. The van der Waals surface area contributed by atoms with Gasteiger partial charge in [-0.1, -0.05) is 301 Å². The molecule has 0 aliphatic rings. The highest BCUT2D eigenvalue weighted by molar-refractivity contribution is 5.76. The number of hydrogen-bond acceptors (Lipinski definition) is 3. The van der Waals surface area contributed by atoms with Crippen LogP contribution in [0.5, 0.6) is 0 Å². The van der Waals surface area contributed by atoms with E-state index in [1.807, 2.05) is 6.08 Å². The summed E-state index contributed by atoms with van der Waals surface area (Å²) in [5.74, 6) is -0.0687. The van der Waals surface area contributed by atoms with Crippen molar-refractivity contribution in [3.63, 3.8) is 0 Å². The van der Waals surface area contributed by atoms with E-state index in [0.717, 1.165) is 32.1 Å². The van der Waals surface area contributed by atoms with Gasteiger partial charge in [0, 0.05) is 6.42 Å². The normalized spacial score (nSPS) is 13.0. The Hall–Kier alpha value is -1.39. The Labute approximate surface area is 408 Å². The van der Waals surface area contributed by atoms with E-state index in [2.05, 4.69) is 43.5 Å². The van der Waals surface area contributed by atoms with E-state index in [-0.39, 0.29) is 12.5 Å². The van der Waals surface area contributed by atoms with Crippen LogP contribution in [0.2, 0.25) is 0 Å². The highest BCUT2D eigenvalue weighted by Gasteiger charge is 2.18. The fraction of sp³-hybridized carbons (Fsp3) is 0.885. The highest BCUT2D eigenvalue weighted by Crippen LogP contribution is 2.17. The molecule has 1 amide bonds. The standard InChI is InChI=1S/C61H117NO3/c1-3-5-7-9-11-13-15-17-19-21-23-25-27-28-29-30-31-32-33-35-37-39-41-43-45-47-49-51-53-55-57-61(65)62-59(58-63)60(64)56-54-52-50-48-46-44-42-40-38-36-34-26-24-22-20-18-16-14-12-10-8-6-4-2/h28-29,46,48,54,56,59-60,63-64H,3-27,30-45,47,49-53,55,57-58H2,1-2H3,(H,62,65)/b29-28-,48-46+,56-54+. The van der Waals surface area contributed by atoms with Gasteiger partial charge in [0.15, 0.2) is 0 Å². The van der Waals surface area contributed by atoms with Crippen LogP contribution in [0.15, 0.2) is 36.5 Å². The first-order chi connectivity index (χ1) is 32.2. The van der Waals surface area contributed by atoms with Crippen LogP contribution < -0.4 is 5.32 Å². The number of nitrogens with one attached hydrogen (secondary N) is 1. The molecule has 0 saturated heterocycles. The van der Waals surface area contributed by atoms with Crippen LogP contribution in [0.25, 0.3) is 0 Å². The van der Waals surface area contributed by atoms with Gasteiger partial charge in [-0.2, -0.15) is 0 Å². The first-order valence-corrected chi connectivity index (χ1v) is 29.7. The van der Waals surface area contributed by atoms with Crippen LogP contribution in [0.3, 0.4) is 0 Å². The molecule has 2 atom stereocenters. The molecule has 0 aliphatic heterocycles. The molecule has 0 aromatic carbocycles. The van der Waals surface area contributed by atoms with Crippen molar-refractivity contribution in [3.8, 4) is 0 Å². The van der Waals surface area contributed by atoms with Crippen LogP contribution in [0.1, 0.15) is 328 Å². The summed E-state index contributed by atoms with van der Waals surface area (Å²) in [5, 5.41) is 23.2. The zero-order valence-electron chi connectivity index (χ0n) is 44.3. The Morgan fingerprint density at radius 2 is 0.600 bits per heavy atom. The van der Waals surface area contributed by atoms with Crippen molar-refractivity contribution in [2.24, 2.45) is 0 Å². The zero-order valence-corrected chi connectivity index (χ0v) is 44.3. The summed E-state index contributed by atoms with van der Waals surface area (Å²) in [6.07, 6.45) is 77.6. The van der Waals surface area contributed by atoms with E-state index in [1.165, 1.54) is 276 Å². The van der Waals surface area contributed by atoms with Crippen LogP contribution in [-0.2, 0) is 4.79 Å². The van der Waals surface area contributed by atoms with Gasteiger partial charge in [0.25, 0.3) is 0 Å². The molecule has 2 unspecified atom stereocenters. The lowest BCUT2D eigenvalue weighted by Crippen LogP contribution is -2.45. The molecule has 65 heavy (non-hydrogen) atoms. The Kier molecular flexibility index (Phi) is 55.7. The van der Waals surface area contributed by atoms with E-state index in [9.17, 15) is 15.0 Å². The molecule has 4 nitrogen and oxygen atoms in total. The predicted molar refractivity (Wildman–Crippen MR) is 290 cm³/mol. The van der Waals surface area contributed by atoms with Crippen LogP contribution >= 0.6 is 0 Å². The average molecular weight is 913 g/mol. The molecule has 4 heteroatoms. The number of allylic oxidation sites excluding steroid dienone is 5. The van der Waals surface area contributed by atoms with E-state index in [0.29, 0.717) is 6.42 Å². The summed E-state index contributed by atoms with van der Waals surface area (Å²) in [7, 11) is 0. The molecule has 0 saturated carbocycles. The molecular formula is C61H117NO3. The molecule has 384 valence electrons. The maximum atomic E-state index is 12.5. The van der Waals surface area contributed by atoms with Gasteiger partial charge in [-0.15, -0.1) is 0 Å². The second-order valence-corrected chi connectivity index (χ2v) is 20.4. The lowest BCUT2D eigenvalue weighted by Gasteiger charge is -2.19. The molecule has 0 radical (unpaired) electrons. The molecule has 0 heterocycles. The van der Waals surface area contributed by atoms with Crippen molar-refractivity contribution in [2.75, 3.05) is 6.61 Å². The largest absolute Gasteiger partial charge is 0.394 e. The molecule has 0 bridgehead atoms. The van der Waals surface area contributed by atoms with E-state index in [1.54, 1.807) is 6.08 Å². The third-order valence-electron chi connectivity index (χ3n) is 13.8. The Morgan fingerprint density at radius 1 is 0.354 bits per heavy atom. The minimum absolute atomic E-state index is 0.0687. The van der Waals surface area contributed by atoms with Gasteiger partial charge in [-0.05, 0) is 57.8 Å². The summed E-state index contributed by atoms with van der Waals surface area (Å²) in [4.78, 5) is 12.5. The topological polar surface area (TPSA) is 69.6 Å². The first-order valence-electron chi connectivity index (χ1n) is 29.7. The Bertz CT molecular complexity index is 989. The summed E-state index contributed by atoms with van der Waals surface area (Å²) >= 11 is 0. The Balaban J connectivity index is 3.49. The lowest BCUT2D eigenvalue weighted by atomic mass is 10.0. The van der Waals surface area contributed by atoms with Crippen LogP contribution in [-0.4, -0.2) is 34.9 Å². The van der Waals surface area contributed by atoms with E-state index in [4.69, 9.17) is 0 Å².